The number of piperidine rings is 1. The summed E-state index contributed by atoms with van der Waals surface area (Å²) in [6, 6.07) is 5.72. The predicted molar refractivity (Wildman–Crippen MR) is 146 cm³/mol. The number of hydrogen-bond donors (Lipinski definition) is 1. The lowest BCUT2D eigenvalue weighted by atomic mass is 9.74. The molecule has 2 aromatic rings. The fourth-order valence-corrected chi connectivity index (χ4v) is 7.00. The summed E-state index contributed by atoms with van der Waals surface area (Å²) in [6.45, 7) is 9.38. The van der Waals surface area contributed by atoms with Crippen LogP contribution in [0.2, 0.25) is 10.0 Å². The Balaban J connectivity index is 1.44. The van der Waals surface area contributed by atoms with Gasteiger partial charge in [0.15, 0.2) is 5.82 Å². The molecule has 2 heterocycles. The van der Waals surface area contributed by atoms with Crippen LogP contribution in [0.5, 0.6) is 0 Å². The molecule has 4 rings (SSSR count). The van der Waals surface area contributed by atoms with Crippen LogP contribution in [0.15, 0.2) is 32.7 Å². The molecular formula is C25H31BrCl2N4O2S. The van der Waals surface area contributed by atoms with E-state index >= 15 is 0 Å². The van der Waals surface area contributed by atoms with Crippen molar-refractivity contribution < 1.29 is 9.53 Å². The predicted octanol–water partition coefficient (Wildman–Crippen LogP) is 7.67. The van der Waals surface area contributed by atoms with Crippen LogP contribution in [-0.4, -0.2) is 40.8 Å². The van der Waals surface area contributed by atoms with Gasteiger partial charge in [0, 0.05) is 24.0 Å². The molecule has 0 radical (unpaired) electrons. The van der Waals surface area contributed by atoms with Crippen molar-refractivity contribution in [3.05, 3.63) is 38.5 Å². The Labute approximate surface area is 230 Å². The van der Waals surface area contributed by atoms with E-state index in [-0.39, 0.29) is 17.6 Å². The van der Waals surface area contributed by atoms with Crippen molar-refractivity contribution in [3.63, 3.8) is 0 Å². The van der Waals surface area contributed by atoms with Crippen molar-refractivity contribution in [1.29, 1.82) is 0 Å². The lowest BCUT2D eigenvalue weighted by molar-refractivity contribution is 0.0442. The third kappa shape index (κ3) is 6.20. The van der Waals surface area contributed by atoms with Crippen molar-refractivity contribution in [2.45, 2.75) is 81.4 Å². The summed E-state index contributed by atoms with van der Waals surface area (Å²) in [4.78, 5) is 25.3. The molecule has 1 spiro atoms. The highest BCUT2D eigenvalue weighted by molar-refractivity contribution is 9.10. The Morgan fingerprint density at radius 2 is 1.94 bits per heavy atom. The lowest BCUT2D eigenvalue weighted by Gasteiger charge is -2.44. The molecule has 1 aromatic carbocycles. The molecule has 1 aromatic heterocycles. The first-order valence-electron chi connectivity index (χ1n) is 11.9. The van der Waals surface area contributed by atoms with E-state index in [1.807, 2.05) is 39.8 Å². The zero-order valence-electron chi connectivity index (χ0n) is 20.5. The maximum Gasteiger partial charge on any atom is 0.407 e. The number of hydrogen-bond acceptors (Lipinski definition) is 6. The average molecular weight is 602 g/mol. The number of ether oxygens (including phenoxy) is 1. The Kier molecular flexibility index (Phi) is 8.16. The van der Waals surface area contributed by atoms with Gasteiger partial charge >= 0.3 is 6.09 Å². The Morgan fingerprint density at radius 3 is 2.63 bits per heavy atom. The molecule has 190 valence electrons. The van der Waals surface area contributed by atoms with Crippen LogP contribution in [0.1, 0.15) is 58.6 Å². The van der Waals surface area contributed by atoms with Gasteiger partial charge in [0.25, 0.3) is 0 Å². The number of aryl methyl sites for hydroxylation is 1. The topological polar surface area (TPSA) is 67.4 Å². The van der Waals surface area contributed by atoms with Gasteiger partial charge < -0.3 is 15.0 Å². The second kappa shape index (κ2) is 10.6. The van der Waals surface area contributed by atoms with Gasteiger partial charge in [-0.3, -0.25) is 0 Å². The van der Waals surface area contributed by atoms with E-state index in [1.54, 1.807) is 6.07 Å². The van der Waals surface area contributed by atoms with E-state index in [0.29, 0.717) is 10.0 Å². The molecule has 0 bridgehead atoms. The van der Waals surface area contributed by atoms with E-state index in [4.69, 9.17) is 37.9 Å². The molecule has 1 saturated carbocycles. The second-order valence-corrected chi connectivity index (χ2v) is 12.9. The summed E-state index contributed by atoms with van der Waals surface area (Å²) < 4.78 is 6.24. The monoisotopic (exact) mass is 600 g/mol. The number of carbonyl (C=O) groups is 1. The van der Waals surface area contributed by atoms with Gasteiger partial charge in [-0.15, -0.1) is 0 Å². The minimum absolute atomic E-state index is 0.113. The van der Waals surface area contributed by atoms with Crippen molar-refractivity contribution in [2.75, 3.05) is 18.0 Å². The number of anilines is 1. The average Bonchev–Trinajstić information content (AvgIpc) is 3.14. The summed E-state index contributed by atoms with van der Waals surface area (Å²) in [5.41, 5.74) is 0.460. The van der Waals surface area contributed by atoms with Gasteiger partial charge in [-0.25, -0.2) is 14.8 Å². The van der Waals surface area contributed by atoms with Crippen LogP contribution in [0, 0.1) is 12.3 Å². The first-order valence-corrected chi connectivity index (χ1v) is 14.2. The molecular weight excluding hydrogens is 571 g/mol. The number of nitrogens with one attached hydrogen (secondary N) is 1. The van der Waals surface area contributed by atoms with Crippen molar-refractivity contribution >= 4 is 62.8 Å². The van der Waals surface area contributed by atoms with Crippen LogP contribution >= 0.6 is 50.9 Å². The normalized spacial score (nSPS) is 19.7. The summed E-state index contributed by atoms with van der Waals surface area (Å²) >= 11 is 17.6. The van der Waals surface area contributed by atoms with Crippen LogP contribution in [-0.2, 0) is 4.74 Å². The maximum atomic E-state index is 12.4. The molecule has 2 fully saturated rings. The van der Waals surface area contributed by atoms with Crippen molar-refractivity contribution in [2.24, 2.45) is 5.41 Å². The zero-order chi connectivity index (χ0) is 25.4. The van der Waals surface area contributed by atoms with E-state index < -0.39 is 5.60 Å². The quantitative estimate of drug-likeness (QED) is 0.388. The summed E-state index contributed by atoms with van der Waals surface area (Å²) in [7, 11) is 0. The molecule has 1 amide bonds. The molecule has 10 heteroatoms. The molecule has 1 atom stereocenters. The third-order valence-corrected chi connectivity index (χ3v) is 9.35. The molecule has 2 aliphatic rings. The number of nitrogens with zero attached hydrogens (tertiary/aromatic N) is 3. The molecule has 1 aliphatic carbocycles. The maximum absolute atomic E-state index is 12.4. The Bertz CT molecular complexity index is 1100. The molecule has 1 saturated heterocycles. The molecule has 1 aliphatic heterocycles. The Hall–Kier alpha value is -1.22. The zero-order valence-corrected chi connectivity index (χ0v) is 24.4. The first kappa shape index (κ1) is 26.8. The van der Waals surface area contributed by atoms with Gasteiger partial charge in [-0.2, -0.15) is 0 Å². The fourth-order valence-electron chi connectivity index (χ4n) is 5.01. The third-order valence-electron chi connectivity index (χ3n) is 6.75. The number of amides is 1. The second-order valence-electron chi connectivity index (χ2n) is 10.3. The van der Waals surface area contributed by atoms with Crippen LogP contribution in [0.3, 0.4) is 0 Å². The minimum atomic E-state index is -0.495. The number of alkyl carbamates (subject to hydrolysis) is 1. The highest BCUT2D eigenvalue weighted by Gasteiger charge is 2.46. The number of rotatable bonds is 4. The highest BCUT2D eigenvalue weighted by Crippen LogP contribution is 2.47. The molecule has 6 nitrogen and oxygen atoms in total. The number of aromatic nitrogens is 2. The van der Waals surface area contributed by atoms with Gasteiger partial charge in [0.1, 0.15) is 15.2 Å². The van der Waals surface area contributed by atoms with E-state index in [2.05, 4.69) is 26.1 Å². The highest BCUT2D eigenvalue weighted by atomic mass is 79.9. The first-order chi connectivity index (χ1) is 16.5. The summed E-state index contributed by atoms with van der Waals surface area (Å²) in [5, 5.41) is 5.00. The number of carbonyl (C=O) groups excluding carboxylic acids is 1. The summed E-state index contributed by atoms with van der Waals surface area (Å²) in [5.74, 6) is 0.855. The van der Waals surface area contributed by atoms with Crippen molar-refractivity contribution in [1.82, 2.24) is 15.3 Å². The van der Waals surface area contributed by atoms with Gasteiger partial charge in [0.05, 0.1) is 15.7 Å². The number of benzene rings is 1. The van der Waals surface area contributed by atoms with E-state index in [9.17, 15) is 4.79 Å². The van der Waals surface area contributed by atoms with Crippen LogP contribution in [0.25, 0.3) is 0 Å². The lowest BCUT2D eigenvalue weighted by Crippen LogP contribution is -2.51. The molecule has 0 unspecified atom stereocenters. The van der Waals surface area contributed by atoms with Gasteiger partial charge in [-0.05, 0) is 86.9 Å². The van der Waals surface area contributed by atoms with Gasteiger partial charge in [-0.1, -0.05) is 47.5 Å². The van der Waals surface area contributed by atoms with Crippen molar-refractivity contribution in [3.8, 4) is 0 Å². The largest absolute Gasteiger partial charge is 0.444 e. The van der Waals surface area contributed by atoms with E-state index in [0.717, 1.165) is 71.2 Å². The number of halogens is 3. The smallest absolute Gasteiger partial charge is 0.407 e. The van der Waals surface area contributed by atoms with Gasteiger partial charge in [0.2, 0.25) is 0 Å². The SMILES string of the molecule is Cc1nc(N2CCC3(CCC[C@H]3NC(=O)OC(C)(C)C)CC2)c(Br)nc1Sc1cccc(Cl)c1Cl. The Morgan fingerprint density at radius 1 is 1.23 bits per heavy atom. The van der Waals surface area contributed by atoms with E-state index in [1.165, 1.54) is 11.8 Å². The summed E-state index contributed by atoms with van der Waals surface area (Å²) in [6.07, 6.45) is 4.93. The minimum Gasteiger partial charge on any atom is -0.444 e. The van der Waals surface area contributed by atoms with Crippen LogP contribution < -0.4 is 10.2 Å². The molecule has 35 heavy (non-hydrogen) atoms. The fraction of sp³-hybridized carbons (Fsp3) is 0.560. The van der Waals surface area contributed by atoms with Crippen LogP contribution in [0.4, 0.5) is 10.6 Å². The standard InChI is InChI=1S/C25H31BrCl2N4O2S/c1-15-22(35-17-8-5-7-16(27)19(17)28)31-20(26)21(29-15)32-13-11-25(12-14-32)10-6-9-18(25)30-23(33)34-24(2,3)4/h5,7-8,18H,6,9-14H2,1-4H3,(H,30,33)/t18-/m1/s1. The molecule has 1 N–H and O–H groups in total.